The van der Waals surface area contributed by atoms with Crippen molar-refractivity contribution in [1.82, 2.24) is 0 Å². The third kappa shape index (κ3) is 5.49. The fraction of sp³-hybridized carbons (Fsp3) is 0.364. The second kappa shape index (κ2) is 9.78. The van der Waals surface area contributed by atoms with Gasteiger partial charge in [0.1, 0.15) is 23.3 Å². The highest BCUT2D eigenvalue weighted by Crippen LogP contribution is 2.38. The van der Waals surface area contributed by atoms with Crippen LogP contribution < -0.4 is 19.8 Å². The van der Waals surface area contributed by atoms with Crippen LogP contribution in [0.25, 0.3) is 11.0 Å². The van der Waals surface area contributed by atoms with Crippen LogP contribution in [0, 0.1) is 0 Å². The summed E-state index contributed by atoms with van der Waals surface area (Å²) >= 11 is 0. The molecular formula is C22H26O6. The summed E-state index contributed by atoms with van der Waals surface area (Å²) in [7, 11) is 1.42. The molecule has 0 bridgehead atoms. The van der Waals surface area contributed by atoms with Gasteiger partial charge in [0.25, 0.3) is 0 Å². The van der Waals surface area contributed by atoms with E-state index in [0.29, 0.717) is 5.39 Å². The van der Waals surface area contributed by atoms with Crippen LogP contribution in [0.15, 0.2) is 50.7 Å². The normalized spacial score (nSPS) is 11.2. The Morgan fingerprint density at radius 3 is 2.50 bits per heavy atom. The molecule has 0 aliphatic rings. The number of fused-ring (bicyclic) bond motifs is 1. The molecule has 0 spiro atoms. The lowest BCUT2D eigenvalue weighted by Gasteiger charge is -2.13. The molecular weight excluding hydrogens is 360 g/mol. The van der Waals surface area contributed by atoms with E-state index >= 15 is 0 Å². The molecule has 1 aromatic carbocycles. The van der Waals surface area contributed by atoms with Crippen molar-refractivity contribution in [3.05, 3.63) is 51.9 Å². The van der Waals surface area contributed by atoms with E-state index in [2.05, 4.69) is 19.9 Å². The fourth-order valence-electron chi connectivity index (χ4n) is 2.69. The summed E-state index contributed by atoms with van der Waals surface area (Å²) in [5.41, 5.74) is 2.04. The van der Waals surface area contributed by atoms with Crippen molar-refractivity contribution < 1.29 is 23.4 Å². The average Bonchev–Trinajstić information content (AvgIpc) is 2.61. The highest BCUT2D eigenvalue weighted by molar-refractivity contribution is 5.93. The third-order valence-corrected chi connectivity index (χ3v) is 4.02. The van der Waals surface area contributed by atoms with Crippen molar-refractivity contribution in [2.45, 2.75) is 40.5 Å². The molecule has 0 radical (unpaired) electrons. The van der Waals surface area contributed by atoms with E-state index in [1.807, 2.05) is 13.0 Å². The lowest BCUT2D eigenvalue weighted by atomic mass is 10.1. The number of hydrogen-bond acceptors (Lipinski definition) is 6. The Balaban J connectivity index is 2.31. The van der Waals surface area contributed by atoms with Gasteiger partial charge >= 0.3 is 11.6 Å². The van der Waals surface area contributed by atoms with Gasteiger partial charge in [0.15, 0.2) is 5.75 Å². The van der Waals surface area contributed by atoms with E-state index in [-0.39, 0.29) is 29.4 Å². The molecule has 0 aliphatic heterocycles. The largest absolute Gasteiger partial charge is 0.492 e. The molecule has 0 unspecified atom stereocenters. The smallest absolute Gasteiger partial charge is 0.383 e. The minimum absolute atomic E-state index is 0.0528. The standard InChI is InChI=1S/C22H26O6/c1-14(2)8-6-9-15(3)12-13-26-21-20(25-5)19-17(27-16(4)23)10-7-11-18(19)28-22(21)24/h7-8,10-12H,6,9,13H2,1-5H3. The zero-order chi connectivity index (χ0) is 20.7. The Bertz CT molecular complexity index is 961. The number of allylic oxidation sites excluding steroid dienone is 3. The monoisotopic (exact) mass is 386 g/mol. The Labute approximate surface area is 164 Å². The average molecular weight is 386 g/mol. The van der Waals surface area contributed by atoms with E-state index < -0.39 is 11.6 Å². The molecule has 150 valence electrons. The Morgan fingerprint density at radius 1 is 1.11 bits per heavy atom. The summed E-state index contributed by atoms with van der Waals surface area (Å²) in [6.45, 7) is 7.64. The Morgan fingerprint density at radius 2 is 1.86 bits per heavy atom. The molecule has 0 aliphatic carbocycles. The van der Waals surface area contributed by atoms with E-state index in [9.17, 15) is 9.59 Å². The van der Waals surface area contributed by atoms with E-state index in [1.165, 1.54) is 19.6 Å². The molecule has 0 saturated carbocycles. The van der Waals surface area contributed by atoms with Crippen LogP contribution >= 0.6 is 0 Å². The van der Waals surface area contributed by atoms with Gasteiger partial charge in [-0.25, -0.2) is 4.79 Å². The van der Waals surface area contributed by atoms with Crippen LogP contribution in [0.5, 0.6) is 17.2 Å². The lowest BCUT2D eigenvalue weighted by Crippen LogP contribution is -2.10. The van der Waals surface area contributed by atoms with E-state index in [4.69, 9.17) is 18.6 Å². The topological polar surface area (TPSA) is 75.0 Å². The molecule has 6 nitrogen and oxygen atoms in total. The van der Waals surface area contributed by atoms with Gasteiger partial charge in [0, 0.05) is 6.92 Å². The molecule has 2 aromatic rings. The number of ether oxygens (including phenoxy) is 3. The van der Waals surface area contributed by atoms with Crippen molar-refractivity contribution in [2.75, 3.05) is 13.7 Å². The summed E-state index contributed by atoms with van der Waals surface area (Å²) in [6, 6.07) is 4.83. The first kappa shape index (κ1) is 21.3. The first-order valence-electron chi connectivity index (χ1n) is 9.07. The predicted octanol–water partition coefficient (Wildman–Crippen LogP) is 4.80. The second-order valence-electron chi connectivity index (χ2n) is 6.66. The summed E-state index contributed by atoms with van der Waals surface area (Å²) in [5, 5.41) is 0.374. The quantitative estimate of drug-likeness (QED) is 0.281. The third-order valence-electron chi connectivity index (χ3n) is 4.02. The van der Waals surface area contributed by atoms with Crippen LogP contribution in [-0.4, -0.2) is 19.7 Å². The van der Waals surface area contributed by atoms with Gasteiger partial charge in [-0.2, -0.15) is 0 Å². The number of carbonyl (C=O) groups is 1. The number of hydrogen-bond donors (Lipinski definition) is 0. The molecule has 2 rings (SSSR count). The van der Waals surface area contributed by atoms with Gasteiger partial charge in [-0.05, 0) is 51.8 Å². The van der Waals surface area contributed by atoms with Gasteiger partial charge in [-0.3, -0.25) is 4.79 Å². The molecule has 0 fully saturated rings. The van der Waals surface area contributed by atoms with Crippen molar-refractivity contribution in [3.8, 4) is 17.2 Å². The molecule has 6 heteroatoms. The van der Waals surface area contributed by atoms with Crippen LogP contribution in [-0.2, 0) is 4.79 Å². The summed E-state index contributed by atoms with van der Waals surface area (Å²) in [5.74, 6) is -0.122. The predicted molar refractivity (Wildman–Crippen MR) is 108 cm³/mol. The van der Waals surface area contributed by atoms with Gasteiger partial charge in [-0.15, -0.1) is 0 Å². The minimum atomic E-state index is -0.653. The zero-order valence-electron chi connectivity index (χ0n) is 17.0. The fourth-order valence-corrected chi connectivity index (χ4v) is 2.69. The lowest BCUT2D eigenvalue weighted by molar-refractivity contribution is -0.131. The number of esters is 1. The minimum Gasteiger partial charge on any atom is -0.492 e. The Hall–Kier alpha value is -3.02. The maximum Gasteiger partial charge on any atom is 0.383 e. The maximum atomic E-state index is 12.4. The zero-order valence-corrected chi connectivity index (χ0v) is 17.0. The number of methoxy groups -OCH3 is 1. The summed E-state index contributed by atoms with van der Waals surface area (Å²) in [4.78, 5) is 23.7. The van der Waals surface area contributed by atoms with Crippen LogP contribution in [0.1, 0.15) is 40.5 Å². The number of carbonyl (C=O) groups excluding carboxylic acids is 1. The Kier molecular flexibility index (Phi) is 7.44. The van der Waals surface area contributed by atoms with Crippen LogP contribution in [0.3, 0.4) is 0 Å². The van der Waals surface area contributed by atoms with Crippen LogP contribution in [0.4, 0.5) is 0 Å². The number of rotatable bonds is 8. The second-order valence-corrected chi connectivity index (χ2v) is 6.66. The summed E-state index contributed by atoms with van der Waals surface area (Å²) in [6.07, 6.45) is 5.96. The van der Waals surface area contributed by atoms with Gasteiger partial charge in [0.05, 0.1) is 7.11 Å². The van der Waals surface area contributed by atoms with Crippen molar-refractivity contribution >= 4 is 16.9 Å². The summed E-state index contributed by atoms with van der Waals surface area (Å²) < 4.78 is 21.6. The molecule has 0 atom stereocenters. The molecule has 0 saturated heterocycles. The van der Waals surface area contributed by atoms with Gasteiger partial charge in [0.2, 0.25) is 5.75 Å². The molecule has 1 aromatic heterocycles. The number of benzene rings is 1. The molecule has 0 N–H and O–H groups in total. The van der Waals surface area contributed by atoms with Gasteiger partial charge in [-0.1, -0.05) is 23.3 Å². The van der Waals surface area contributed by atoms with E-state index in [0.717, 1.165) is 18.4 Å². The van der Waals surface area contributed by atoms with Crippen molar-refractivity contribution in [1.29, 1.82) is 0 Å². The van der Waals surface area contributed by atoms with Gasteiger partial charge < -0.3 is 18.6 Å². The molecule has 0 amide bonds. The first-order valence-corrected chi connectivity index (χ1v) is 9.07. The van der Waals surface area contributed by atoms with E-state index in [1.54, 1.807) is 18.2 Å². The first-order chi connectivity index (χ1) is 13.3. The highest BCUT2D eigenvalue weighted by Gasteiger charge is 2.20. The SMILES string of the molecule is COc1c(OCC=C(C)CCC=C(C)C)c(=O)oc2cccc(OC(C)=O)c12. The van der Waals surface area contributed by atoms with Crippen molar-refractivity contribution in [3.63, 3.8) is 0 Å². The van der Waals surface area contributed by atoms with Crippen LogP contribution in [0.2, 0.25) is 0 Å². The maximum absolute atomic E-state index is 12.4. The molecule has 28 heavy (non-hydrogen) atoms. The molecule has 1 heterocycles. The highest BCUT2D eigenvalue weighted by atomic mass is 16.5. The van der Waals surface area contributed by atoms with Crippen molar-refractivity contribution in [2.24, 2.45) is 0 Å².